The number of methoxy groups -OCH3 is 1. The van der Waals surface area contributed by atoms with Crippen LogP contribution in [0.25, 0.3) is 0 Å². The van der Waals surface area contributed by atoms with Crippen molar-refractivity contribution in [1.29, 1.82) is 0 Å². The molecule has 3 heterocycles. The van der Waals surface area contributed by atoms with E-state index in [-0.39, 0.29) is 24.2 Å². The van der Waals surface area contributed by atoms with Gasteiger partial charge < -0.3 is 30.8 Å². The minimum atomic E-state index is -1.69. The number of esters is 1. The first kappa shape index (κ1) is 30.5. The Balaban J connectivity index is 1.86. The molecule has 2 fully saturated rings. The van der Waals surface area contributed by atoms with E-state index in [9.17, 15) is 24.3 Å². The smallest absolute Gasteiger partial charge is 0.412 e. The van der Waals surface area contributed by atoms with Crippen molar-refractivity contribution in [3.63, 3.8) is 0 Å². The lowest BCUT2D eigenvalue weighted by Gasteiger charge is -2.38. The van der Waals surface area contributed by atoms with Crippen LogP contribution in [0.4, 0.5) is 10.6 Å². The molecule has 1 aromatic heterocycles. The van der Waals surface area contributed by atoms with Crippen molar-refractivity contribution in [2.45, 2.75) is 90.0 Å². The molecule has 13 nitrogen and oxygen atoms in total. The fourth-order valence-corrected chi connectivity index (χ4v) is 5.71. The summed E-state index contributed by atoms with van der Waals surface area (Å²) >= 11 is 0. The van der Waals surface area contributed by atoms with Gasteiger partial charge in [0.05, 0.1) is 17.7 Å². The Labute approximate surface area is 227 Å². The van der Waals surface area contributed by atoms with Crippen LogP contribution in [0.15, 0.2) is 17.1 Å². The number of aliphatic hydroxyl groups is 1. The van der Waals surface area contributed by atoms with E-state index in [4.69, 9.17) is 25.7 Å². The predicted molar refractivity (Wildman–Crippen MR) is 140 cm³/mol. The second-order valence-corrected chi connectivity index (χ2v) is 11.0. The molecule has 5 N–H and O–H groups in total. The molecule has 13 heteroatoms. The van der Waals surface area contributed by atoms with Gasteiger partial charge >= 0.3 is 17.8 Å². The molecular weight excluding hydrogens is 510 g/mol. The monoisotopic (exact) mass is 551 g/mol. The summed E-state index contributed by atoms with van der Waals surface area (Å²) in [5, 5.41) is 11.1. The number of nitrogens with two attached hydrogens (primary N) is 2. The van der Waals surface area contributed by atoms with Gasteiger partial charge in [-0.15, -0.1) is 0 Å². The number of hydrogen-bond donors (Lipinski definition) is 3. The molecule has 0 aliphatic carbocycles. The molecule has 0 spiro atoms. The van der Waals surface area contributed by atoms with E-state index in [0.29, 0.717) is 13.0 Å². The highest BCUT2D eigenvalue weighted by atomic mass is 16.6. The van der Waals surface area contributed by atoms with Gasteiger partial charge in [0.2, 0.25) is 0 Å². The van der Waals surface area contributed by atoms with Crippen molar-refractivity contribution in [3.05, 3.63) is 22.7 Å². The van der Waals surface area contributed by atoms with Crippen LogP contribution in [0.3, 0.4) is 0 Å². The number of hydrogen-bond acceptors (Lipinski definition) is 11. The first-order valence-electron chi connectivity index (χ1n) is 13.2. The van der Waals surface area contributed by atoms with Gasteiger partial charge in [0.25, 0.3) is 5.72 Å². The van der Waals surface area contributed by atoms with E-state index in [1.165, 1.54) is 38.1 Å². The highest BCUT2D eigenvalue weighted by Crippen LogP contribution is 2.51. The number of cyclic esters (lactones) is 1. The number of Topliss-reactive ketones (excluding diaryl/α,β-unsaturated/α-hetero) is 1. The Morgan fingerprint density at radius 1 is 1.31 bits per heavy atom. The molecule has 1 unspecified atom stereocenters. The van der Waals surface area contributed by atoms with E-state index in [0.717, 1.165) is 4.57 Å². The number of nitrogens with zero attached hydrogens (tertiary/aromatic N) is 3. The second kappa shape index (κ2) is 11.2. The molecule has 0 radical (unpaired) electrons. The average Bonchev–Trinajstić information content (AvgIpc) is 3.48. The van der Waals surface area contributed by atoms with E-state index >= 15 is 0 Å². The van der Waals surface area contributed by atoms with Crippen molar-refractivity contribution in [1.82, 2.24) is 14.5 Å². The van der Waals surface area contributed by atoms with Gasteiger partial charge in [-0.2, -0.15) is 4.98 Å². The first-order valence-corrected chi connectivity index (χ1v) is 13.2. The number of anilines is 1. The quantitative estimate of drug-likeness (QED) is 0.177. The van der Waals surface area contributed by atoms with Crippen molar-refractivity contribution < 1.29 is 33.7 Å². The maximum atomic E-state index is 13.3. The van der Waals surface area contributed by atoms with E-state index in [1.807, 2.05) is 6.92 Å². The maximum Gasteiger partial charge on any atom is 0.412 e. The van der Waals surface area contributed by atoms with Crippen LogP contribution in [0.5, 0.6) is 0 Å². The molecule has 2 aliphatic rings. The van der Waals surface area contributed by atoms with Gasteiger partial charge in [-0.3, -0.25) is 19.1 Å². The zero-order valence-electron chi connectivity index (χ0n) is 23.6. The number of fused-ring (bicyclic) bond motifs is 1. The molecule has 1 aromatic rings. The maximum absolute atomic E-state index is 13.3. The number of rotatable bonds is 13. The molecule has 0 saturated carbocycles. The summed E-state index contributed by atoms with van der Waals surface area (Å²) in [7, 11) is 1.45. The molecule has 2 aliphatic heterocycles. The number of carbonyl (C=O) groups excluding carboxylic acids is 3. The molecule has 0 bridgehead atoms. The van der Waals surface area contributed by atoms with Gasteiger partial charge in [0.1, 0.15) is 17.8 Å². The summed E-state index contributed by atoms with van der Waals surface area (Å²) in [6.45, 7) is 10.4. The SMILES string of the molecule is CC[C@@H](OC(=O)C(C)C(=O)[C@H](C)[C@@H](O)[C@@](C)(C[C@@H](C)CN)OC)[C@@]1(n2ccc(N)nc2=O)OC(=O)N2[C@@H](C)[C@@H]21. The highest BCUT2D eigenvalue weighted by Gasteiger charge is 2.73. The molecule has 0 aromatic carbocycles. The van der Waals surface area contributed by atoms with Crippen molar-refractivity contribution in [2.24, 2.45) is 23.5 Å². The summed E-state index contributed by atoms with van der Waals surface area (Å²) in [5.74, 6) is -3.64. The third-order valence-electron chi connectivity index (χ3n) is 8.23. The highest BCUT2D eigenvalue weighted by molar-refractivity contribution is 6.00. The summed E-state index contributed by atoms with van der Waals surface area (Å²) in [5.41, 5.74) is 7.86. The van der Waals surface area contributed by atoms with Gasteiger partial charge in [0.15, 0.2) is 11.9 Å². The summed E-state index contributed by atoms with van der Waals surface area (Å²) in [4.78, 5) is 57.4. The molecule has 3 rings (SSSR count). The zero-order valence-corrected chi connectivity index (χ0v) is 23.6. The van der Waals surface area contributed by atoms with E-state index in [1.54, 1.807) is 20.8 Å². The fourth-order valence-electron chi connectivity index (χ4n) is 5.71. The largest absolute Gasteiger partial charge is 0.455 e. The molecule has 9 atom stereocenters. The Morgan fingerprint density at radius 2 is 1.95 bits per heavy atom. The second-order valence-electron chi connectivity index (χ2n) is 11.0. The number of carbonyl (C=O) groups is 3. The van der Waals surface area contributed by atoms with Crippen molar-refractivity contribution in [3.8, 4) is 0 Å². The third kappa shape index (κ3) is 5.27. The van der Waals surface area contributed by atoms with Crippen LogP contribution in [0.1, 0.15) is 54.4 Å². The molecular formula is C26H41N5O8. The van der Waals surface area contributed by atoms with Crippen LogP contribution in [0, 0.1) is 17.8 Å². The van der Waals surface area contributed by atoms with Crippen LogP contribution in [-0.4, -0.2) is 81.0 Å². The number of amides is 1. The van der Waals surface area contributed by atoms with Crippen molar-refractivity contribution in [2.75, 3.05) is 19.4 Å². The van der Waals surface area contributed by atoms with Crippen LogP contribution in [0.2, 0.25) is 0 Å². The number of ketones is 1. The van der Waals surface area contributed by atoms with Gasteiger partial charge in [-0.1, -0.05) is 20.8 Å². The summed E-state index contributed by atoms with van der Waals surface area (Å²) in [6, 6.07) is 0.513. The topological polar surface area (TPSA) is 189 Å². The Morgan fingerprint density at radius 3 is 2.44 bits per heavy atom. The minimum absolute atomic E-state index is 0.0165. The zero-order chi connectivity index (χ0) is 29.4. The summed E-state index contributed by atoms with van der Waals surface area (Å²) in [6.07, 6.45) is -1.08. The van der Waals surface area contributed by atoms with Crippen LogP contribution < -0.4 is 17.2 Å². The molecule has 1 amide bonds. The average molecular weight is 552 g/mol. The molecule has 39 heavy (non-hydrogen) atoms. The Kier molecular flexibility index (Phi) is 8.78. The lowest BCUT2D eigenvalue weighted by Crippen LogP contribution is -2.57. The third-order valence-corrected chi connectivity index (χ3v) is 8.23. The standard InChI is InChI=1S/C26H41N5O8/c1-8-17(26(20-16(5)31(20)24(36)39-26)30-10-9-18(28)29-23(30)35)38-22(34)15(4)19(32)14(3)21(33)25(6,37-7)11-13(2)12-27/h9-10,13-17,20-21,33H,8,11-12,27H2,1-7H3,(H2,28,29,35)/t13-,14+,15?,16+,17-,20-,21-,25-,26-,31?/m1/s1. The number of nitrogen functional groups attached to an aromatic ring is 1. The number of ether oxygens (including phenoxy) is 3. The molecule has 2 saturated heterocycles. The van der Waals surface area contributed by atoms with Crippen molar-refractivity contribution >= 4 is 23.7 Å². The lowest BCUT2D eigenvalue weighted by molar-refractivity contribution is -0.184. The first-order chi connectivity index (χ1) is 18.2. The van der Waals surface area contributed by atoms with Gasteiger partial charge in [-0.25, -0.2) is 9.59 Å². The molecule has 218 valence electrons. The normalized spacial score (nSPS) is 27.4. The predicted octanol–water partition coefficient (Wildman–Crippen LogP) is 0.615. The van der Waals surface area contributed by atoms with Crippen LogP contribution in [-0.2, 0) is 29.5 Å². The fraction of sp³-hybridized carbons (Fsp3) is 0.731. The summed E-state index contributed by atoms with van der Waals surface area (Å²) < 4.78 is 18.2. The van der Waals surface area contributed by atoms with E-state index in [2.05, 4.69) is 4.98 Å². The Hall–Kier alpha value is -3.03. The van der Waals surface area contributed by atoms with Gasteiger partial charge in [0, 0.05) is 19.2 Å². The number of aromatic nitrogens is 2. The number of aliphatic hydroxyl groups excluding tert-OH is 1. The minimum Gasteiger partial charge on any atom is -0.455 e. The van der Waals surface area contributed by atoms with Gasteiger partial charge in [-0.05, 0) is 52.1 Å². The lowest BCUT2D eigenvalue weighted by atomic mass is 9.79. The van der Waals surface area contributed by atoms with E-state index < -0.39 is 64.9 Å². The Bertz CT molecular complexity index is 1160. The van der Waals surface area contributed by atoms with Crippen LogP contribution >= 0.6 is 0 Å².